The Morgan fingerprint density at radius 1 is 1.41 bits per heavy atom. The summed E-state index contributed by atoms with van der Waals surface area (Å²) in [5, 5.41) is 5.41. The molecule has 2 aromatic rings. The quantitative estimate of drug-likeness (QED) is 0.885. The van der Waals surface area contributed by atoms with Crippen LogP contribution in [-0.4, -0.2) is 6.54 Å². The lowest BCUT2D eigenvalue weighted by Gasteiger charge is -2.17. The summed E-state index contributed by atoms with van der Waals surface area (Å²) in [6, 6.07) is 8.81. The zero-order valence-electron chi connectivity index (χ0n) is 9.41. The van der Waals surface area contributed by atoms with Gasteiger partial charge in [-0.25, -0.2) is 4.39 Å². The van der Waals surface area contributed by atoms with Gasteiger partial charge in [-0.05, 0) is 51.6 Å². The first-order valence-corrected chi connectivity index (χ1v) is 7.11. The second-order valence-corrected chi connectivity index (χ2v) is 5.48. The predicted octanol–water partition coefficient (Wildman–Crippen LogP) is 4.35. The zero-order chi connectivity index (χ0) is 12.3. The molecule has 0 radical (unpaired) electrons. The third kappa shape index (κ3) is 2.94. The average Bonchev–Trinajstić information content (AvgIpc) is 2.72. The highest BCUT2D eigenvalue weighted by molar-refractivity contribution is 9.10. The van der Waals surface area contributed by atoms with Crippen LogP contribution in [0, 0.1) is 5.82 Å². The van der Waals surface area contributed by atoms with Crippen LogP contribution in [0.15, 0.2) is 40.2 Å². The first kappa shape index (κ1) is 12.7. The van der Waals surface area contributed by atoms with Gasteiger partial charge in [0.1, 0.15) is 5.82 Å². The molecule has 0 saturated carbocycles. The van der Waals surface area contributed by atoms with Crippen molar-refractivity contribution in [2.45, 2.75) is 13.0 Å². The van der Waals surface area contributed by atoms with Crippen molar-refractivity contribution in [3.63, 3.8) is 0 Å². The molecule has 1 N–H and O–H groups in total. The molecule has 2 rings (SSSR count). The molecule has 17 heavy (non-hydrogen) atoms. The predicted molar refractivity (Wildman–Crippen MR) is 73.9 cm³/mol. The van der Waals surface area contributed by atoms with Crippen LogP contribution < -0.4 is 5.32 Å². The second kappa shape index (κ2) is 5.76. The molecule has 0 aliphatic rings. The fourth-order valence-corrected chi connectivity index (χ4v) is 3.47. The summed E-state index contributed by atoms with van der Waals surface area (Å²) >= 11 is 5.20. The minimum Gasteiger partial charge on any atom is -0.306 e. The van der Waals surface area contributed by atoms with Crippen LogP contribution in [0.4, 0.5) is 4.39 Å². The highest BCUT2D eigenvalue weighted by Crippen LogP contribution is 2.33. The smallest absolute Gasteiger partial charge is 0.123 e. The standard InChI is InChI=1S/C13H13BrFNS/c1-2-16-12(13-11(14)6-7-17-13)9-4-3-5-10(15)8-9/h3-8,12,16H,2H2,1H3. The van der Waals surface area contributed by atoms with E-state index in [9.17, 15) is 4.39 Å². The highest BCUT2D eigenvalue weighted by atomic mass is 79.9. The Morgan fingerprint density at radius 3 is 2.82 bits per heavy atom. The van der Waals surface area contributed by atoms with E-state index in [1.807, 2.05) is 24.4 Å². The third-order valence-corrected chi connectivity index (χ3v) is 4.43. The molecule has 4 heteroatoms. The van der Waals surface area contributed by atoms with Crippen LogP contribution in [0.5, 0.6) is 0 Å². The number of nitrogens with one attached hydrogen (secondary N) is 1. The molecule has 0 amide bonds. The van der Waals surface area contributed by atoms with Crippen LogP contribution in [0.1, 0.15) is 23.4 Å². The van der Waals surface area contributed by atoms with Crippen molar-refractivity contribution < 1.29 is 4.39 Å². The molecule has 1 unspecified atom stereocenters. The van der Waals surface area contributed by atoms with Gasteiger partial charge < -0.3 is 5.32 Å². The monoisotopic (exact) mass is 313 g/mol. The first-order chi connectivity index (χ1) is 8.22. The lowest BCUT2D eigenvalue weighted by molar-refractivity contribution is 0.606. The number of rotatable bonds is 4. The van der Waals surface area contributed by atoms with Gasteiger partial charge in [0.25, 0.3) is 0 Å². The van der Waals surface area contributed by atoms with Gasteiger partial charge >= 0.3 is 0 Å². The Hall–Kier alpha value is -0.710. The topological polar surface area (TPSA) is 12.0 Å². The van der Waals surface area contributed by atoms with Crippen molar-refractivity contribution in [2.24, 2.45) is 0 Å². The summed E-state index contributed by atoms with van der Waals surface area (Å²) in [5.74, 6) is -0.196. The average molecular weight is 314 g/mol. The molecule has 1 aromatic heterocycles. The SMILES string of the molecule is CCNC(c1cccc(F)c1)c1sccc1Br. The Kier molecular flexibility index (Phi) is 4.31. The van der Waals surface area contributed by atoms with Crippen molar-refractivity contribution in [1.29, 1.82) is 0 Å². The molecule has 1 aromatic carbocycles. The van der Waals surface area contributed by atoms with Gasteiger partial charge in [0, 0.05) is 9.35 Å². The molecule has 1 atom stereocenters. The largest absolute Gasteiger partial charge is 0.306 e. The van der Waals surface area contributed by atoms with E-state index < -0.39 is 0 Å². The molecule has 0 spiro atoms. The highest BCUT2D eigenvalue weighted by Gasteiger charge is 2.17. The maximum Gasteiger partial charge on any atom is 0.123 e. The summed E-state index contributed by atoms with van der Waals surface area (Å²) in [6.07, 6.45) is 0. The molecular weight excluding hydrogens is 301 g/mol. The van der Waals surface area contributed by atoms with Gasteiger partial charge in [0.2, 0.25) is 0 Å². The minimum absolute atomic E-state index is 0.0464. The van der Waals surface area contributed by atoms with E-state index in [1.165, 1.54) is 10.9 Å². The summed E-state index contributed by atoms with van der Waals surface area (Å²) in [6.45, 7) is 2.89. The fourth-order valence-electron chi connectivity index (χ4n) is 1.76. The number of hydrogen-bond acceptors (Lipinski definition) is 2. The molecular formula is C13H13BrFNS. The van der Waals surface area contributed by atoms with Crippen molar-refractivity contribution in [3.05, 3.63) is 56.4 Å². The van der Waals surface area contributed by atoms with E-state index in [2.05, 4.69) is 21.2 Å². The van der Waals surface area contributed by atoms with Gasteiger partial charge in [0.15, 0.2) is 0 Å². The maximum atomic E-state index is 13.3. The third-order valence-electron chi connectivity index (χ3n) is 2.50. The lowest BCUT2D eigenvalue weighted by Crippen LogP contribution is -2.21. The normalized spacial score (nSPS) is 12.6. The van der Waals surface area contributed by atoms with Crippen molar-refractivity contribution in [2.75, 3.05) is 6.54 Å². The second-order valence-electron chi connectivity index (χ2n) is 3.68. The van der Waals surface area contributed by atoms with Gasteiger partial charge in [0.05, 0.1) is 6.04 Å². The van der Waals surface area contributed by atoms with E-state index >= 15 is 0 Å². The Bertz CT molecular complexity index is 498. The molecule has 0 fully saturated rings. The zero-order valence-corrected chi connectivity index (χ0v) is 11.8. The number of hydrogen-bond donors (Lipinski definition) is 1. The van der Waals surface area contributed by atoms with Crippen LogP contribution in [-0.2, 0) is 0 Å². The Morgan fingerprint density at radius 2 is 2.24 bits per heavy atom. The lowest BCUT2D eigenvalue weighted by atomic mass is 10.1. The molecule has 0 saturated heterocycles. The molecule has 0 aliphatic carbocycles. The summed E-state index contributed by atoms with van der Waals surface area (Å²) in [5.41, 5.74) is 0.954. The van der Waals surface area contributed by atoms with Gasteiger partial charge in [-0.1, -0.05) is 19.1 Å². The van der Waals surface area contributed by atoms with Crippen LogP contribution in [0.3, 0.4) is 0 Å². The van der Waals surface area contributed by atoms with Crippen molar-refractivity contribution in [3.8, 4) is 0 Å². The first-order valence-electron chi connectivity index (χ1n) is 5.44. The van der Waals surface area contributed by atoms with E-state index in [0.29, 0.717) is 0 Å². The minimum atomic E-state index is -0.196. The number of benzene rings is 1. The van der Waals surface area contributed by atoms with Crippen LogP contribution >= 0.6 is 27.3 Å². The summed E-state index contributed by atoms with van der Waals surface area (Å²) in [7, 11) is 0. The van der Waals surface area contributed by atoms with Gasteiger partial charge in [-0.15, -0.1) is 11.3 Å². The maximum absolute atomic E-state index is 13.3. The van der Waals surface area contributed by atoms with E-state index in [1.54, 1.807) is 23.5 Å². The van der Waals surface area contributed by atoms with Crippen molar-refractivity contribution >= 4 is 27.3 Å². The van der Waals surface area contributed by atoms with Crippen LogP contribution in [0.2, 0.25) is 0 Å². The molecule has 0 bridgehead atoms. The van der Waals surface area contributed by atoms with Crippen LogP contribution in [0.25, 0.3) is 0 Å². The van der Waals surface area contributed by atoms with Gasteiger partial charge in [-0.3, -0.25) is 0 Å². The molecule has 0 aliphatic heterocycles. The Balaban J connectivity index is 2.39. The fraction of sp³-hybridized carbons (Fsp3) is 0.231. The summed E-state index contributed by atoms with van der Waals surface area (Å²) in [4.78, 5) is 1.18. The molecule has 90 valence electrons. The van der Waals surface area contributed by atoms with Gasteiger partial charge in [-0.2, -0.15) is 0 Å². The van der Waals surface area contributed by atoms with E-state index in [0.717, 1.165) is 16.6 Å². The number of halogens is 2. The summed E-state index contributed by atoms with van der Waals surface area (Å²) < 4.78 is 14.3. The number of thiophene rings is 1. The van der Waals surface area contributed by atoms with E-state index in [4.69, 9.17) is 0 Å². The molecule has 1 nitrogen and oxygen atoms in total. The molecule has 1 heterocycles. The Labute approximate surface area is 113 Å². The van der Waals surface area contributed by atoms with E-state index in [-0.39, 0.29) is 11.9 Å². The van der Waals surface area contributed by atoms with Crippen molar-refractivity contribution in [1.82, 2.24) is 5.32 Å².